The van der Waals surface area contributed by atoms with Gasteiger partial charge in [0.2, 0.25) is 0 Å². The Morgan fingerprint density at radius 1 is 1.25 bits per heavy atom. The molecule has 0 saturated carbocycles. The molecule has 0 fully saturated rings. The molecule has 0 unspecified atom stereocenters. The van der Waals surface area contributed by atoms with Gasteiger partial charge in [-0.15, -0.1) is 0 Å². The SMILES string of the molecule is CCNCc1cc(C)c(OCc2nccn2C)c(C)c1. The number of benzene rings is 1. The molecule has 108 valence electrons. The lowest BCUT2D eigenvalue weighted by atomic mass is 10.1. The number of nitrogens with zero attached hydrogens (tertiary/aromatic N) is 2. The molecule has 4 nitrogen and oxygen atoms in total. The minimum Gasteiger partial charge on any atom is -0.485 e. The van der Waals surface area contributed by atoms with E-state index in [1.165, 1.54) is 16.7 Å². The van der Waals surface area contributed by atoms with Crippen LogP contribution in [0.15, 0.2) is 24.5 Å². The van der Waals surface area contributed by atoms with Crippen molar-refractivity contribution in [2.45, 2.75) is 33.9 Å². The highest BCUT2D eigenvalue weighted by Gasteiger charge is 2.08. The Balaban J connectivity index is 2.10. The zero-order valence-electron chi connectivity index (χ0n) is 12.7. The van der Waals surface area contributed by atoms with Gasteiger partial charge in [-0.25, -0.2) is 4.98 Å². The first-order chi connectivity index (χ1) is 9.61. The van der Waals surface area contributed by atoms with Crippen LogP contribution in [0.1, 0.15) is 29.4 Å². The molecule has 1 aromatic heterocycles. The third-order valence-electron chi connectivity index (χ3n) is 3.37. The van der Waals surface area contributed by atoms with Crippen molar-refractivity contribution in [3.63, 3.8) is 0 Å². The fourth-order valence-electron chi connectivity index (χ4n) is 2.31. The molecule has 0 radical (unpaired) electrons. The second-order valence-corrected chi connectivity index (χ2v) is 5.08. The molecule has 1 N–H and O–H groups in total. The molecule has 2 aromatic rings. The Morgan fingerprint density at radius 3 is 2.50 bits per heavy atom. The van der Waals surface area contributed by atoms with Crippen LogP contribution in [0.5, 0.6) is 5.75 Å². The molecule has 0 aliphatic carbocycles. The zero-order valence-corrected chi connectivity index (χ0v) is 12.7. The first-order valence-electron chi connectivity index (χ1n) is 7.01. The summed E-state index contributed by atoms with van der Waals surface area (Å²) >= 11 is 0. The zero-order chi connectivity index (χ0) is 14.5. The number of hydrogen-bond acceptors (Lipinski definition) is 3. The Hall–Kier alpha value is -1.81. The topological polar surface area (TPSA) is 39.1 Å². The average Bonchev–Trinajstić information content (AvgIpc) is 2.81. The van der Waals surface area contributed by atoms with E-state index in [1.807, 2.05) is 17.8 Å². The van der Waals surface area contributed by atoms with Crippen LogP contribution in [0.25, 0.3) is 0 Å². The standard InChI is InChI=1S/C16H23N3O/c1-5-17-10-14-8-12(2)16(13(3)9-14)20-11-15-18-6-7-19(15)4/h6-9,17H,5,10-11H2,1-4H3. The van der Waals surface area contributed by atoms with Crippen LogP contribution in [0.2, 0.25) is 0 Å². The van der Waals surface area contributed by atoms with Crippen molar-refractivity contribution in [1.29, 1.82) is 0 Å². The lowest BCUT2D eigenvalue weighted by Crippen LogP contribution is -2.12. The lowest BCUT2D eigenvalue weighted by Gasteiger charge is -2.14. The summed E-state index contributed by atoms with van der Waals surface area (Å²) < 4.78 is 7.92. The molecular weight excluding hydrogens is 250 g/mol. The molecular formula is C16H23N3O. The Bertz CT molecular complexity index is 552. The van der Waals surface area contributed by atoms with Crippen LogP contribution in [0.4, 0.5) is 0 Å². The normalized spacial score (nSPS) is 10.8. The molecule has 0 aliphatic rings. The maximum Gasteiger partial charge on any atom is 0.146 e. The maximum atomic E-state index is 5.95. The maximum absolute atomic E-state index is 5.95. The highest BCUT2D eigenvalue weighted by Crippen LogP contribution is 2.25. The van der Waals surface area contributed by atoms with Crippen LogP contribution in [-0.4, -0.2) is 16.1 Å². The quantitative estimate of drug-likeness (QED) is 0.879. The summed E-state index contributed by atoms with van der Waals surface area (Å²) in [7, 11) is 1.98. The van der Waals surface area contributed by atoms with E-state index >= 15 is 0 Å². The molecule has 0 spiro atoms. The predicted octanol–water partition coefficient (Wildman–Crippen LogP) is 2.73. The fraction of sp³-hybridized carbons (Fsp3) is 0.438. The third-order valence-corrected chi connectivity index (χ3v) is 3.37. The molecule has 2 rings (SSSR count). The van der Waals surface area contributed by atoms with Gasteiger partial charge in [0.25, 0.3) is 0 Å². The van der Waals surface area contributed by atoms with Crippen LogP contribution < -0.4 is 10.1 Å². The van der Waals surface area contributed by atoms with Gasteiger partial charge in [0.05, 0.1) is 0 Å². The fourth-order valence-corrected chi connectivity index (χ4v) is 2.31. The highest BCUT2D eigenvalue weighted by molar-refractivity contribution is 5.43. The van der Waals surface area contributed by atoms with Gasteiger partial charge in [-0.2, -0.15) is 0 Å². The minimum absolute atomic E-state index is 0.498. The van der Waals surface area contributed by atoms with Gasteiger partial charge >= 0.3 is 0 Å². The van der Waals surface area contributed by atoms with Crippen molar-refractivity contribution in [2.75, 3.05) is 6.54 Å². The van der Waals surface area contributed by atoms with E-state index in [0.717, 1.165) is 24.7 Å². The van der Waals surface area contributed by atoms with Crippen LogP contribution in [0.3, 0.4) is 0 Å². The van der Waals surface area contributed by atoms with Crippen molar-refractivity contribution < 1.29 is 4.74 Å². The van der Waals surface area contributed by atoms with Gasteiger partial charge in [0.1, 0.15) is 18.2 Å². The first-order valence-corrected chi connectivity index (χ1v) is 7.01. The van der Waals surface area contributed by atoms with Gasteiger partial charge in [-0.05, 0) is 37.1 Å². The summed E-state index contributed by atoms with van der Waals surface area (Å²) in [6.07, 6.45) is 3.72. The lowest BCUT2D eigenvalue weighted by molar-refractivity contribution is 0.288. The summed E-state index contributed by atoms with van der Waals surface area (Å²) in [6.45, 7) is 8.68. The minimum atomic E-state index is 0.498. The Morgan fingerprint density at radius 2 is 1.95 bits per heavy atom. The molecule has 20 heavy (non-hydrogen) atoms. The molecule has 0 aliphatic heterocycles. The molecule has 0 bridgehead atoms. The van der Waals surface area contributed by atoms with Crippen LogP contribution in [-0.2, 0) is 20.2 Å². The number of hydrogen-bond donors (Lipinski definition) is 1. The second kappa shape index (κ2) is 6.57. The van der Waals surface area contributed by atoms with Gasteiger partial charge in [-0.1, -0.05) is 19.1 Å². The predicted molar refractivity (Wildman–Crippen MR) is 80.8 cm³/mol. The van der Waals surface area contributed by atoms with Crippen molar-refractivity contribution in [3.8, 4) is 5.75 Å². The van der Waals surface area contributed by atoms with Gasteiger partial charge in [0.15, 0.2) is 0 Å². The van der Waals surface area contributed by atoms with Crippen molar-refractivity contribution in [2.24, 2.45) is 7.05 Å². The smallest absolute Gasteiger partial charge is 0.146 e. The van der Waals surface area contributed by atoms with Gasteiger partial charge in [-0.3, -0.25) is 0 Å². The molecule has 0 amide bonds. The Kier molecular flexibility index (Phi) is 4.79. The highest BCUT2D eigenvalue weighted by atomic mass is 16.5. The summed E-state index contributed by atoms with van der Waals surface area (Å²) in [5, 5.41) is 3.35. The molecule has 0 atom stereocenters. The summed E-state index contributed by atoms with van der Waals surface area (Å²) in [5.74, 6) is 1.90. The van der Waals surface area contributed by atoms with Crippen molar-refractivity contribution in [3.05, 3.63) is 47.0 Å². The van der Waals surface area contributed by atoms with Crippen molar-refractivity contribution in [1.82, 2.24) is 14.9 Å². The molecule has 1 heterocycles. The van der Waals surface area contributed by atoms with Gasteiger partial charge in [0, 0.05) is 26.0 Å². The van der Waals surface area contributed by atoms with E-state index in [1.54, 1.807) is 6.20 Å². The monoisotopic (exact) mass is 273 g/mol. The molecule has 1 aromatic carbocycles. The first kappa shape index (κ1) is 14.6. The number of aryl methyl sites for hydroxylation is 3. The third kappa shape index (κ3) is 3.39. The molecule has 0 saturated heterocycles. The van der Waals surface area contributed by atoms with Crippen molar-refractivity contribution >= 4 is 0 Å². The number of nitrogens with one attached hydrogen (secondary N) is 1. The second-order valence-electron chi connectivity index (χ2n) is 5.08. The number of ether oxygens (including phenoxy) is 1. The average molecular weight is 273 g/mol. The molecule has 4 heteroatoms. The summed E-state index contributed by atoms with van der Waals surface area (Å²) in [4.78, 5) is 4.28. The van der Waals surface area contributed by atoms with Gasteiger partial charge < -0.3 is 14.6 Å². The van der Waals surface area contributed by atoms with Crippen LogP contribution in [0, 0.1) is 13.8 Å². The van der Waals surface area contributed by atoms with E-state index in [0.29, 0.717) is 6.61 Å². The Labute approximate surface area is 120 Å². The largest absolute Gasteiger partial charge is 0.485 e. The number of aromatic nitrogens is 2. The number of rotatable bonds is 6. The van der Waals surface area contributed by atoms with E-state index in [9.17, 15) is 0 Å². The van der Waals surface area contributed by atoms with E-state index in [2.05, 4.69) is 43.2 Å². The van der Waals surface area contributed by atoms with E-state index in [-0.39, 0.29) is 0 Å². The van der Waals surface area contributed by atoms with E-state index in [4.69, 9.17) is 4.74 Å². The van der Waals surface area contributed by atoms with Crippen LogP contribution >= 0.6 is 0 Å². The summed E-state index contributed by atoms with van der Waals surface area (Å²) in [5.41, 5.74) is 3.64. The summed E-state index contributed by atoms with van der Waals surface area (Å²) in [6, 6.07) is 4.37. The van der Waals surface area contributed by atoms with E-state index < -0.39 is 0 Å². The number of imidazole rings is 1.